The first-order chi connectivity index (χ1) is 7.31. The summed E-state index contributed by atoms with van der Waals surface area (Å²) < 4.78 is 12.9. The van der Waals surface area contributed by atoms with Gasteiger partial charge in [0.25, 0.3) is 0 Å². The fraction of sp³-hybridized carbons (Fsp3) is 0.500. The third-order valence-corrected chi connectivity index (χ3v) is 2.91. The van der Waals surface area contributed by atoms with E-state index >= 15 is 0 Å². The molecule has 2 N–H and O–H groups in total. The highest BCUT2D eigenvalue weighted by atomic mass is 19.1. The predicted molar refractivity (Wildman–Crippen MR) is 57.2 cm³/mol. The third-order valence-electron chi connectivity index (χ3n) is 2.91. The Kier molecular flexibility index (Phi) is 3.34. The quantitative estimate of drug-likeness (QED) is 0.741. The van der Waals surface area contributed by atoms with Crippen molar-refractivity contribution in [3.63, 3.8) is 0 Å². The van der Waals surface area contributed by atoms with Crippen LogP contribution in [0.1, 0.15) is 30.0 Å². The van der Waals surface area contributed by atoms with Gasteiger partial charge in [-0.15, -0.1) is 0 Å². The summed E-state index contributed by atoms with van der Waals surface area (Å²) in [5.41, 5.74) is 2.34. The second kappa shape index (κ2) is 4.73. The van der Waals surface area contributed by atoms with Gasteiger partial charge in [0.15, 0.2) is 0 Å². The molecule has 0 spiro atoms. The van der Waals surface area contributed by atoms with Crippen LogP contribution in [0.15, 0.2) is 18.2 Å². The minimum atomic E-state index is -0.148. The van der Waals surface area contributed by atoms with E-state index in [4.69, 9.17) is 5.11 Å². The lowest BCUT2D eigenvalue weighted by Gasteiger charge is -2.13. The molecule has 1 aliphatic rings. The maximum Gasteiger partial charge on any atom is 0.123 e. The SMILES string of the molecule is OCCCNC1CCc2cc(F)ccc21. The number of aliphatic hydroxyl groups is 1. The van der Waals surface area contributed by atoms with E-state index in [2.05, 4.69) is 5.32 Å². The molecule has 1 unspecified atom stereocenters. The maximum atomic E-state index is 12.9. The molecule has 1 aromatic carbocycles. The number of benzene rings is 1. The number of aryl methyl sites for hydroxylation is 1. The lowest BCUT2D eigenvalue weighted by atomic mass is 10.1. The van der Waals surface area contributed by atoms with Gasteiger partial charge in [-0.1, -0.05) is 6.07 Å². The number of hydrogen-bond acceptors (Lipinski definition) is 2. The second-order valence-corrected chi connectivity index (χ2v) is 3.97. The molecule has 0 bridgehead atoms. The van der Waals surface area contributed by atoms with Crippen LogP contribution in [0.25, 0.3) is 0 Å². The maximum absolute atomic E-state index is 12.9. The molecule has 82 valence electrons. The van der Waals surface area contributed by atoms with Gasteiger partial charge in [-0.2, -0.15) is 0 Å². The molecule has 0 saturated heterocycles. The van der Waals surface area contributed by atoms with Crippen LogP contribution < -0.4 is 5.32 Å². The molecule has 2 rings (SSSR count). The Hall–Kier alpha value is -0.930. The van der Waals surface area contributed by atoms with Crippen molar-refractivity contribution in [3.8, 4) is 0 Å². The van der Waals surface area contributed by atoms with E-state index in [1.165, 1.54) is 11.6 Å². The van der Waals surface area contributed by atoms with Crippen molar-refractivity contribution in [2.24, 2.45) is 0 Å². The first-order valence-electron chi connectivity index (χ1n) is 5.44. The summed E-state index contributed by atoms with van der Waals surface area (Å²) in [6.45, 7) is 1.04. The van der Waals surface area contributed by atoms with Crippen LogP contribution in [-0.2, 0) is 6.42 Å². The first-order valence-corrected chi connectivity index (χ1v) is 5.44. The van der Waals surface area contributed by atoms with Crippen LogP contribution in [0.4, 0.5) is 4.39 Å². The molecule has 0 fully saturated rings. The van der Waals surface area contributed by atoms with Crippen LogP contribution in [0.3, 0.4) is 0 Å². The standard InChI is InChI=1S/C12H16FNO/c13-10-3-4-11-9(8-10)2-5-12(11)14-6-1-7-15/h3-4,8,12,14-15H,1-2,5-7H2. The molecule has 1 aliphatic carbocycles. The van der Waals surface area contributed by atoms with Crippen molar-refractivity contribution in [2.75, 3.05) is 13.2 Å². The lowest BCUT2D eigenvalue weighted by Crippen LogP contribution is -2.21. The largest absolute Gasteiger partial charge is 0.396 e. The molecule has 0 aromatic heterocycles. The summed E-state index contributed by atoms with van der Waals surface area (Å²) >= 11 is 0. The van der Waals surface area contributed by atoms with E-state index < -0.39 is 0 Å². The Morgan fingerprint density at radius 1 is 1.47 bits per heavy atom. The molecule has 1 aromatic rings. The zero-order chi connectivity index (χ0) is 10.7. The van der Waals surface area contributed by atoms with Crippen LogP contribution in [-0.4, -0.2) is 18.3 Å². The molecule has 2 nitrogen and oxygen atoms in total. The van der Waals surface area contributed by atoms with Crippen molar-refractivity contribution in [1.82, 2.24) is 5.32 Å². The number of fused-ring (bicyclic) bond motifs is 1. The summed E-state index contributed by atoms with van der Waals surface area (Å²) in [4.78, 5) is 0. The molecule has 15 heavy (non-hydrogen) atoms. The fourth-order valence-corrected chi connectivity index (χ4v) is 2.15. The second-order valence-electron chi connectivity index (χ2n) is 3.97. The number of hydrogen-bond donors (Lipinski definition) is 2. The highest BCUT2D eigenvalue weighted by Gasteiger charge is 2.21. The van der Waals surface area contributed by atoms with Gasteiger partial charge in [0.05, 0.1) is 0 Å². The van der Waals surface area contributed by atoms with Crippen molar-refractivity contribution in [3.05, 3.63) is 35.1 Å². The van der Waals surface area contributed by atoms with Gasteiger partial charge in [-0.3, -0.25) is 0 Å². The van der Waals surface area contributed by atoms with Crippen molar-refractivity contribution >= 4 is 0 Å². The third kappa shape index (κ3) is 2.36. The molecular formula is C12H16FNO. The normalized spacial score (nSPS) is 19.2. The van der Waals surface area contributed by atoms with Gasteiger partial charge >= 0.3 is 0 Å². The van der Waals surface area contributed by atoms with E-state index in [1.54, 1.807) is 6.07 Å². The predicted octanol–water partition coefficient (Wildman–Crippen LogP) is 1.78. The van der Waals surface area contributed by atoms with Gasteiger partial charge in [0.2, 0.25) is 0 Å². The van der Waals surface area contributed by atoms with E-state index in [1.807, 2.05) is 6.07 Å². The first kappa shape index (κ1) is 10.6. The van der Waals surface area contributed by atoms with Crippen LogP contribution >= 0.6 is 0 Å². The Bertz CT molecular complexity index is 340. The van der Waals surface area contributed by atoms with Crippen molar-refractivity contribution in [2.45, 2.75) is 25.3 Å². The monoisotopic (exact) mass is 209 g/mol. The molecule has 0 aliphatic heterocycles. The summed E-state index contributed by atoms with van der Waals surface area (Å²) in [6.07, 6.45) is 2.75. The molecule has 0 saturated carbocycles. The smallest absolute Gasteiger partial charge is 0.123 e. The number of aliphatic hydroxyl groups excluding tert-OH is 1. The summed E-state index contributed by atoms with van der Waals surface area (Å²) in [6, 6.07) is 5.36. The highest BCUT2D eigenvalue weighted by molar-refractivity contribution is 5.34. The van der Waals surface area contributed by atoms with Crippen LogP contribution in [0.2, 0.25) is 0 Å². The Labute approximate surface area is 89.1 Å². The highest BCUT2D eigenvalue weighted by Crippen LogP contribution is 2.31. The molecule has 0 radical (unpaired) electrons. The average molecular weight is 209 g/mol. The molecular weight excluding hydrogens is 193 g/mol. The van der Waals surface area contributed by atoms with Gasteiger partial charge in [-0.25, -0.2) is 4.39 Å². The molecule has 0 heterocycles. The van der Waals surface area contributed by atoms with Crippen molar-refractivity contribution in [1.29, 1.82) is 0 Å². The Morgan fingerprint density at radius 3 is 3.13 bits per heavy atom. The number of rotatable bonds is 4. The summed E-state index contributed by atoms with van der Waals surface area (Å²) in [5.74, 6) is -0.148. The van der Waals surface area contributed by atoms with E-state index in [9.17, 15) is 4.39 Å². The molecule has 3 heteroatoms. The van der Waals surface area contributed by atoms with Gasteiger partial charge in [0, 0.05) is 12.6 Å². The van der Waals surface area contributed by atoms with Crippen molar-refractivity contribution < 1.29 is 9.50 Å². The van der Waals surface area contributed by atoms with Gasteiger partial charge in [-0.05, 0) is 49.1 Å². The number of nitrogens with one attached hydrogen (secondary N) is 1. The summed E-state index contributed by atoms with van der Waals surface area (Å²) in [5, 5.41) is 12.1. The summed E-state index contributed by atoms with van der Waals surface area (Å²) in [7, 11) is 0. The topological polar surface area (TPSA) is 32.3 Å². The van der Waals surface area contributed by atoms with Gasteiger partial charge < -0.3 is 10.4 Å². The van der Waals surface area contributed by atoms with Gasteiger partial charge in [0.1, 0.15) is 5.82 Å². The Balaban J connectivity index is 2.02. The zero-order valence-corrected chi connectivity index (χ0v) is 8.67. The number of halogens is 1. The fourth-order valence-electron chi connectivity index (χ4n) is 2.15. The minimum Gasteiger partial charge on any atom is -0.396 e. The lowest BCUT2D eigenvalue weighted by molar-refractivity contribution is 0.283. The van der Waals surface area contributed by atoms with Crippen LogP contribution in [0.5, 0.6) is 0 Å². The van der Waals surface area contributed by atoms with E-state index in [0.29, 0.717) is 6.04 Å². The van der Waals surface area contributed by atoms with E-state index in [-0.39, 0.29) is 12.4 Å². The molecule has 0 amide bonds. The van der Waals surface area contributed by atoms with E-state index in [0.717, 1.165) is 31.4 Å². The average Bonchev–Trinajstić information content (AvgIpc) is 2.61. The zero-order valence-electron chi connectivity index (χ0n) is 8.67. The minimum absolute atomic E-state index is 0.148. The van der Waals surface area contributed by atoms with Crippen LogP contribution in [0, 0.1) is 5.82 Å². The Morgan fingerprint density at radius 2 is 2.33 bits per heavy atom. The molecule has 1 atom stereocenters.